The van der Waals surface area contributed by atoms with E-state index in [0.717, 1.165) is 6.92 Å². The van der Waals surface area contributed by atoms with Crippen molar-refractivity contribution in [3.05, 3.63) is 90.5 Å². The van der Waals surface area contributed by atoms with Gasteiger partial charge >= 0.3 is 23.9 Å². The van der Waals surface area contributed by atoms with Gasteiger partial charge in [0.25, 0.3) is 0 Å². The van der Waals surface area contributed by atoms with Crippen molar-refractivity contribution in [3.8, 4) is 0 Å². The summed E-state index contributed by atoms with van der Waals surface area (Å²) in [7, 11) is 0. The van der Waals surface area contributed by atoms with Gasteiger partial charge in [0.05, 0.1) is 55.5 Å². The van der Waals surface area contributed by atoms with Gasteiger partial charge in [-0.05, 0) is 71.0 Å². The first-order chi connectivity index (χ1) is 53.4. The Hall–Kier alpha value is -12.5. The van der Waals surface area contributed by atoms with E-state index in [1.165, 1.54) is 70.1 Å². The fourth-order valence-electron chi connectivity index (χ4n) is 10.4. The van der Waals surface area contributed by atoms with Crippen LogP contribution in [0.2, 0.25) is 0 Å². The number of benzene rings is 1. The molecule has 0 aliphatic rings. The number of aromatic amines is 3. The molecule has 4 rings (SSSR count). The molecule has 0 radical (unpaired) electrons. The highest BCUT2D eigenvalue weighted by molar-refractivity contribution is 7.98. The number of imidazole rings is 3. The summed E-state index contributed by atoms with van der Waals surface area (Å²) in [4.78, 5) is 261. The van der Waals surface area contributed by atoms with Gasteiger partial charge < -0.3 is 126 Å². The largest absolute Gasteiger partial charge is 0.481 e. The van der Waals surface area contributed by atoms with Crippen molar-refractivity contribution in [2.75, 3.05) is 18.6 Å². The van der Waals surface area contributed by atoms with Crippen LogP contribution in [0, 0.1) is 0 Å². The summed E-state index contributed by atoms with van der Waals surface area (Å²) >= 11 is 1.20. The number of carboxylic acids is 4. The summed E-state index contributed by atoms with van der Waals surface area (Å²) in [5, 5.41) is 88.2. The molecule has 46 heteroatoms. The summed E-state index contributed by atoms with van der Waals surface area (Å²) in [6.45, 7) is 3.67. The van der Waals surface area contributed by atoms with Gasteiger partial charge in [0.1, 0.15) is 78.5 Å². The molecule has 0 spiro atoms. The maximum Gasteiger partial charge on any atom is 0.328 e. The van der Waals surface area contributed by atoms with Crippen molar-refractivity contribution in [1.82, 2.24) is 99.0 Å². The van der Waals surface area contributed by atoms with E-state index in [1.54, 1.807) is 36.6 Å². The number of nitrogens with two attached hydrogens (primary N) is 2. The zero-order valence-electron chi connectivity index (χ0n) is 61.8. The van der Waals surface area contributed by atoms with E-state index in [-0.39, 0.29) is 48.5 Å². The number of nitrogens with one attached hydrogen (secondary N) is 16. The van der Waals surface area contributed by atoms with Crippen LogP contribution in [0.25, 0.3) is 0 Å². The molecule has 0 aliphatic carbocycles. The molecule has 0 bridgehead atoms. The lowest BCUT2D eigenvalue weighted by molar-refractivity contribution is -0.144. The van der Waals surface area contributed by atoms with Gasteiger partial charge in [-0.3, -0.25) is 81.5 Å². The molecule has 0 saturated carbocycles. The van der Waals surface area contributed by atoms with Crippen LogP contribution in [0.3, 0.4) is 0 Å². The Morgan fingerprint density at radius 1 is 0.442 bits per heavy atom. The quantitative estimate of drug-likeness (QED) is 0.0195. The molecule has 0 fully saturated rings. The van der Waals surface area contributed by atoms with Crippen LogP contribution < -0.4 is 80.6 Å². The van der Waals surface area contributed by atoms with Gasteiger partial charge in [0.15, 0.2) is 0 Å². The van der Waals surface area contributed by atoms with Crippen molar-refractivity contribution in [2.24, 2.45) is 11.5 Å². The molecule has 1 aromatic carbocycles. The first kappa shape index (κ1) is 92.9. The molecule has 15 atom stereocenters. The minimum Gasteiger partial charge on any atom is -0.481 e. The number of thioether (sulfide) groups is 1. The summed E-state index contributed by atoms with van der Waals surface area (Å²) in [6.07, 6.45) is 1.36. The third-order valence-electron chi connectivity index (χ3n) is 16.7. The number of aliphatic hydroxyl groups excluding tert-OH is 2. The fraction of sp³-hybridized carbons (Fsp3) is 0.507. The van der Waals surface area contributed by atoms with E-state index >= 15 is 0 Å². The lowest BCUT2D eigenvalue weighted by atomic mass is 10.0. The number of hydrogen-bond donors (Lipinski definition) is 24. The SMILES string of the molecule is CSCC[C@H](NC(=O)[C@H](Cc1c[nH]cn1)NC(=O)[C@H](Cc1cnc[nH]1)NC(=O)[C@H](CCC(N)=O)NC(=O)[C@H](CCC(=O)O)NC(=O)[C@H](Cc1ccccc1)NC(=O)[C@H](Cc1c[nH]cn1)NC(=O)[C@H](C)NC(=O)[C@H](C)NC(=O)[C@H](C)NC(=O)[C@@H](NC(=O)[C@@H](N)CCC(=O)O)[C@@H](C)O)C(=O)N[C@@H](CC(=O)O)C(=O)N[C@@H](CO)C(=O)O. The highest BCUT2D eigenvalue weighted by Gasteiger charge is 2.39. The second kappa shape index (κ2) is 46.9. The number of carboxylic acid groups (broad SMARTS) is 4. The molecule has 26 N–H and O–H groups in total. The van der Waals surface area contributed by atoms with Crippen molar-refractivity contribution in [1.29, 1.82) is 0 Å². The molecular weight excluding hydrogens is 1510 g/mol. The van der Waals surface area contributed by atoms with Crippen LogP contribution in [-0.2, 0) is 112 Å². The lowest BCUT2D eigenvalue weighted by Gasteiger charge is -2.28. The van der Waals surface area contributed by atoms with Gasteiger partial charge in [-0.25, -0.2) is 19.7 Å². The Labute approximate surface area is 647 Å². The number of aliphatic hydroxyl groups is 2. The minimum absolute atomic E-state index is 0.151. The highest BCUT2D eigenvalue weighted by Crippen LogP contribution is 2.13. The second-order valence-corrected chi connectivity index (χ2v) is 26.8. The average molecular weight is 1610 g/mol. The van der Waals surface area contributed by atoms with Crippen LogP contribution in [0.4, 0.5) is 0 Å². The summed E-state index contributed by atoms with van der Waals surface area (Å²) in [6, 6.07) is -15.4. The smallest absolute Gasteiger partial charge is 0.328 e. The average Bonchev–Trinajstić information content (AvgIpc) is 0.931. The predicted octanol–water partition coefficient (Wildman–Crippen LogP) is -8.50. The lowest BCUT2D eigenvalue weighted by Crippen LogP contribution is -2.61. The van der Waals surface area contributed by atoms with Crippen LogP contribution in [0.1, 0.15) is 102 Å². The Kier molecular flexibility index (Phi) is 38.6. The van der Waals surface area contributed by atoms with Crippen molar-refractivity contribution in [2.45, 2.75) is 195 Å². The number of rotatable bonds is 51. The van der Waals surface area contributed by atoms with Crippen LogP contribution in [-0.4, -0.2) is 276 Å². The Bertz CT molecular complexity index is 3930. The van der Waals surface area contributed by atoms with Gasteiger partial charge in [0.2, 0.25) is 82.7 Å². The molecular formula is C67H95N21O24S. The number of aliphatic carboxylic acids is 4. The number of amides is 14. The number of nitrogens with zero attached hydrogens (tertiary/aromatic N) is 3. The molecule has 0 saturated heterocycles. The number of carbonyl (C=O) groups excluding carboxylic acids is 14. The number of H-pyrrole nitrogens is 3. The first-order valence-corrected chi connectivity index (χ1v) is 36.4. The maximum atomic E-state index is 14.8. The summed E-state index contributed by atoms with van der Waals surface area (Å²) in [5.41, 5.74) is 12.2. The third kappa shape index (κ3) is 32.9. The molecule has 3 heterocycles. The van der Waals surface area contributed by atoms with Crippen LogP contribution in [0.5, 0.6) is 0 Å². The van der Waals surface area contributed by atoms with E-state index in [9.17, 15) is 112 Å². The molecule has 0 aliphatic heterocycles. The molecule has 45 nitrogen and oxygen atoms in total. The zero-order chi connectivity index (χ0) is 84.2. The Morgan fingerprint density at radius 2 is 0.841 bits per heavy atom. The summed E-state index contributed by atoms with van der Waals surface area (Å²) in [5.74, 6) is -21.2. The maximum absolute atomic E-state index is 14.8. The molecule has 0 unspecified atom stereocenters. The fourth-order valence-corrected chi connectivity index (χ4v) is 10.9. The number of aromatic nitrogens is 6. The predicted molar refractivity (Wildman–Crippen MR) is 391 cm³/mol. The molecule has 113 heavy (non-hydrogen) atoms. The van der Waals surface area contributed by atoms with Gasteiger partial charge in [-0.15, -0.1) is 0 Å². The first-order valence-electron chi connectivity index (χ1n) is 35.0. The van der Waals surface area contributed by atoms with Gasteiger partial charge in [-0.2, -0.15) is 11.8 Å². The topological polar surface area (TPSA) is 723 Å². The second-order valence-electron chi connectivity index (χ2n) is 25.8. The van der Waals surface area contributed by atoms with Crippen LogP contribution in [0.15, 0.2) is 67.9 Å². The monoisotopic (exact) mass is 1610 g/mol. The van der Waals surface area contributed by atoms with Gasteiger partial charge in [-0.1, -0.05) is 30.3 Å². The Balaban J connectivity index is 1.60. The van der Waals surface area contributed by atoms with E-state index in [2.05, 4.69) is 93.7 Å². The van der Waals surface area contributed by atoms with E-state index in [1.807, 2.05) is 5.32 Å². The standard InChI is InChI=1S/C67H95N21O24S/c1-31(76-55(99)32(2)78-66(110)53(34(4)90)88-57(101)39(68)11-15-50(92)93)54(98)77-33(3)56(100)82-44(20-36-24-70-28-73-36)63(107)83-43(19-35-9-7-6-8-10-35)61(105)80-41(13-16-51(94)95)58(102)79-40(12-14-49(69)91)59(103)84-46(22-38-26-72-30-75-38)64(108)85-45(21-37-25-71-29-74-37)62(106)81-42(17-18-113-5)60(104)86-47(23-52(96)97)65(109)87-48(27-89)67(111)112/h6-10,24-26,28-34,39-48,53,89-90H,11-23,27,68H2,1-5H3,(H2,69,91)(H,70,73)(H,71,74)(H,72,75)(H,76,99)(H,77,98)(H,78,110)(H,79,102)(H,80,105)(H,81,106)(H,82,100)(H,83,107)(H,84,103)(H,85,108)(H,86,104)(H,87,109)(H,88,101)(H,92,93)(H,94,95)(H,96,97)(H,111,112)/t31-,32-,33-,34+,39-,40-,41-,42-,43-,44-,45-,46-,47-,48-,53-/m0/s1. The molecule has 618 valence electrons. The number of primary amides is 1. The van der Waals surface area contributed by atoms with E-state index < -0.39 is 255 Å². The third-order valence-corrected chi connectivity index (χ3v) is 17.3. The van der Waals surface area contributed by atoms with Gasteiger partial charge in [0, 0.05) is 69.2 Å². The van der Waals surface area contributed by atoms with E-state index in [0.29, 0.717) is 5.56 Å². The number of hydrogen-bond acceptors (Lipinski definition) is 25. The minimum atomic E-state index is -1.95. The number of carbonyl (C=O) groups is 18. The molecule has 4 aromatic rings. The van der Waals surface area contributed by atoms with Crippen molar-refractivity contribution < 1.29 is 117 Å². The molecule has 3 aromatic heterocycles. The summed E-state index contributed by atoms with van der Waals surface area (Å²) < 4.78 is 0. The zero-order valence-corrected chi connectivity index (χ0v) is 62.7. The normalized spacial score (nSPS) is 15.0. The van der Waals surface area contributed by atoms with Crippen molar-refractivity contribution in [3.63, 3.8) is 0 Å². The molecule has 14 amide bonds. The Morgan fingerprint density at radius 3 is 1.26 bits per heavy atom. The van der Waals surface area contributed by atoms with E-state index in [4.69, 9.17) is 16.6 Å². The highest BCUT2D eigenvalue weighted by atomic mass is 32.2. The van der Waals surface area contributed by atoms with Crippen LogP contribution >= 0.6 is 11.8 Å². The van der Waals surface area contributed by atoms with Crippen molar-refractivity contribution >= 4 is 118 Å².